The summed E-state index contributed by atoms with van der Waals surface area (Å²) in [7, 11) is -2.16. The van der Waals surface area contributed by atoms with Crippen molar-refractivity contribution in [2.24, 2.45) is 12.5 Å². The molecule has 5 rings (SSSR count). The van der Waals surface area contributed by atoms with E-state index in [2.05, 4.69) is 20.1 Å². The van der Waals surface area contributed by atoms with Crippen LogP contribution >= 0.6 is 0 Å². The third-order valence-electron chi connectivity index (χ3n) is 7.65. The number of sulfone groups is 1. The summed E-state index contributed by atoms with van der Waals surface area (Å²) in [6.45, 7) is 2.48. The highest BCUT2D eigenvalue weighted by Gasteiger charge is 2.45. The molecule has 0 saturated heterocycles. The second kappa shape index (κ2) is 12.8. The number of ketones is 1. The van der Waals surface area contributed by atoms with Gasteiger partial charge in [-0.1, -0.05) is 43.3 Å². The molecule has 10 nitrogen and oxygen atoms in total. The van der Waals surface area contributed by atoms with Crippen molar-refractivity contribution in [2.45, 2.75) is 37.4 Å². The Labute approximate surface area is 277 Å². The van der Waals surface area contributed by atoms with Crippen LogP contribution in [0.15, 0.2) is 83.9 Å². The molecular weight excluding hydrogens is 673 g/mol. The van der Waals surface area contributed by atoms with Gasteiger partial charge in [-0.15, -0.1) is 18.3 Å². The third kappa shape index (κ3) is 7.70. The van der Waals surface area contributed by atoms with Gasteiger partial charge in [-0.25, -0.2) is 13.1 Å². The smallest absolute Gasteiger partial charge is 0.406 e. The van der Waals surface area contributed by atoms with Crippen LogP contribution in [-0.4, -0.2) is 63.3 Å². The molecule has 0 aliphatic carbocycles. The van der Waals surface area contributed by atoms with Crippen LogP contribution in [0.1, 0.15) is 26.0 Å². The number of nitrogens with zero attached hydrogens (tertiary/aromatic N) is 5. The van der Waals surface area contributed by atoms with Gasteiger partial charge in [-0.05, 0) is 65.1 Å². The molecule has 0 bridgehead atoms. The number of alkyl halides is 5. The first-order valence-electron chi connectivity index (χ1n) is 14.6. The van der Waals surface area contributed by atoms with Gasteiger partial charge >= 0.3 is 12.3 Å². The third-order valence-corrected chi connectivity index (χ3v) is 8.76. The van der Waals surface area contributed by atoms with Crippen molar-refractivity contribution in [3.8, 4) is 45.1 Å². The Morgan fingerprint density at radius 2 is 1.55 bits per heavy atom. The Hall–Kier alpha value is -4.96. The van der Waals surface area contributed by atoms with E-state index in [1.54, 1.807) is 30.3 Å². The summed E-state index contributed by atoms with van der Waals surface area (Å²) in [5.74, 6) is -5.87. The number of aliphatic hydroxyl groups excluding tert-OH is 1. The van der Waals surface area contributed by atoms with Gasteiger partial charge in [-0.3, -0.25) is 9.48 Å². The van der Waals surface area contributed by atoms with Crippen molar-refractivity contribution in [3.63, 3.8) is 0 Å². The van der Waals surface area contributed by atoms with E-state index in [1.165, 1.54) is 56.0 Å². The molecule has 5 aromatic rings. The van der Waals surface area contributed by atoms with Crippen LogP contribution in [0.5, 0.6) is 5.75 Å². The zero-order valence-corrected chi connectivity index (χ0v) is 27.4. The van der Waals surface area contributed by atoms with Crippen molar-refractivity contribution in [1.82, 2.24) is 24.8 Å². The van der Waals surface area contributed by atoms with Gasteiger partial charge in [0.05, 0.1) is 28.2 Å². The molecule has 0 aliphatic rings. The minimum absolute atomic E-state index is 0.0609. The lowest BCUT2D eigenvalue weighted by atomic mass is 9.86. The van der Waals surface area contributed by atoms with Crippen LogP contribution in [0.4, 0.5) is 22.0 Å². The largest absolute Gasteiger partial charge is 0.573 e. The van der Waals surface area contributed by atoms with E-state index < -0.39 is 57.8 Å². The molecule has 0 fully saturated rings. The van der Waals surface area contributed by atoms with Crippen molar-refractivity contribution < 1.29 is 45.0 Å². The zero-order valence-electron chi connectivity index (χ0n) is 26.5. The summed E-state index contributed by atoms with van der Waals surface area (Å²) in [5, 5.41) is 21.6. The van der Waals surface area contributed by atoms with Gasteiger partial charge in [0, 0.05) is 37.5 Å². The van der Waals surface area contributed by atoms with Crippen LogP contribution in [0.3, 0.4) is 0 Å². The number of halogens is 5. The summed E-state index contributed by atoms with van der Waals surface area (Å²) < 4.78 is 100. The Morgan fingerprint density at radius 3 is 2.18 bits per heavy atom. The average Bonchev–Trinajstić information content (AvgIpc) is 3.67. The first kappa shape index (κ1) is 35.3. The molecule has 0 aliphatic heterocycles. The van der Waals surface area contributed by atoms with Gasteiger partial charge in [0.15, 0.2) is 9.84 Å². The maximum Gasteiger partial charge on any atom is 0.573 e. The number of carbonyl (C=O) groups excluding carboxylic acids is 1. The quantitative estimate of drug-likeness (QED) is 0.157. The number of ether oxygens (including phenoxy) is 1. The van der Waals surface area contributed by atoms with Crippen LogP contribution in [-0.2, 0) is 27.6 Å². The lowest BCUT2D eigenvalue weighted by Gasteiger charge is -2.23. The van der Waals surface area contributed by atoms with Gasteiger partial charge in [0.25, 0.3) is 0 Å². The second-order valence-electron chi connectivity index (χ2n) is 12.2. The first-order chi connectivity index (χ1) is 22.8. The summed E-state index contributed by atoms with van der Waals surface area (Å²) in [5.41, 5.74) is 0.484. The first-order valence-corrected chi connectivity index (χ1v) is 16.5. The van der Waals surface area contributed by atoms with Crippen LogP contribution in [0, 0.1) is 5.41 Å². The summed E-state index contributed by atoms with van der Waals surface area (Å²) in [4.78, 5) is 12.8. The van der Waals surface area contributed by atoms with Crippen LogP contribution in [0.25, 0.3) is 39.3 Å². The number of aryl methyl sites for hydroxylation is 1. The average molecular weight is 704 g/mol. The number of Topliss-reactive ketones (excluding diaryl/α,β-unsaturated/α-hetero) is 1. The molecule has 0 unspecified atom stereocenters. The second-order valence-corrected chi connectivity index (χ2v) is 14.2. The topological polar surface area (TPSA) is 129 Å². The number of hydrogen-bond acceptors (Lipinski definition) is 8. The fraction of sp³-hybridized carbons (Fsp3) is 0.273. The monoisotopic (exact) mass is 703 g/mol. The number of aliphatic hydroxyl groups is 1. The molecule has 0 spiro atoms. The predicted octanol–water partition coefficient (Wildman–Crippen LogP) is 6.37. The molecule has 0 radical (unpaired) electrons. The van der Waals surface area contributed by atoms with Gasteiger partial charge < -0.3 is 9.84 Å². The lowest BCUT2D eigenvalue weighted by molar-refractivity contribution is -0.274. The van der Waals surface area contributed by atoms with E-state index in [1.807, 2.05) is 0 Å². The fourth-order valence-electron chi connectivity index (χ4n) is 5.06. The molecule has 3 aromatic carbocycles. The minimum atomic E-state index is -4.90. The molecule has 1 N–H and O–H groups in total. The van der Waals surface area contributed by atoms with Crippen LogP contribution in [0.2, 0.25) is 0 Å². The Morgan fingerprint density at radius 1 is 0.898 bits per heavy atom. The fourth-order valence-corrected chi connectivity index (χ4v) is 5.73. The highest BCUT2D eigenvalue weighted by molar-refractivity contribution is 7.90. The van der Waals surface area contributed by atoms with Crippen molar-refractivity contribution >= 4 is 15.6 Å². The Bertz CT molecular complexity index is 2120. The maximum absolute atomic E-state index is 15.5. The molecule has 258 valence electrons. The maximum atomic E-state index is 15.5. The standard InChI is InChI=1S/C33H30F5N5O5S/c1-31(2,19-44)17-30(45)32(34,35)29-16-26(42(3)40-29)25-13-10-22(21-6-5-7-24(14-21)49(4,46)47)15-27(25)43-28(18-39-41-43)20-8-11-23(12-9-20)48-33(36,37)38/h5-16,18,44H,17,19H2,1-4H3. The summed E-state index contributed by atoms with van der Waals surface area (Å²) in [6.07, 6.45) is -3.08. The van der Waals surface area contributed by atoms with Crippen molar-refractivity contribution in [1.29, 1.82) is 0 Å². The highest BCUT2D eigenvalue weighted by atomic mass is 32.2. The summed E-state index contributed by atoms with van der Waals surface area (Å²) >= 11 is 0. The normalized spacial score (nSPS) is 12.7. The number of aromatic nitrogens is 5. The molecule has 16 heteroatoms. The van der Waals surface area contributed by atoms with E-state index in [0.29, 0.717) is 27.9 Å². The van der Waals surface area contributed by atoms with Gasteiger partial charge in [0.2, 0.25) is 5.78 Å². The van der Waals surface area contributed by atoms with E-state index in [4.69, 9.17) is 0 Å². The van der Waals surface area contributed by atoms with Gasteiger partial charge in [0.1, 0.15) is 11.4 Å². The molecule has 0 saturated carbocycles. The molecule has 0 atom stereocenters. The SMILES string of the molecule is Cn1nc(C(F)(F)C(=O)CC(C)(C)CO)cc1-c1ccc(-c2cccc(S(C)(=O)=O)c2)cc1-n1nncc1-c1ccc(OC(F)(F)F)cc1. The zero-order chi connectivity index (χ0) is 35.9. The number of benzene rings is 3. The van der Waals surface area contributed by atoms with E-state index in [0.717, 1.165) is 29.1 Å². The Balaban J connectivity index is 1.66. The van der Waals surface area contributed by atoms with Crippen LogP contribution < -0.4 is 4.74 Å². The van der Waals surface area contributed by atoms with E-state index in [-0.39, 0.29) is 16.3 Å². The highest BCUT2D eigenvalue weighted by Crippen LogP contribution is 2.39. The number of carbonyl (C=O) groups is 1. The molecule has 0 amide bonds. The number of hydrogen-bond donors (Lipinski definition) is 1. The van der Waals surface area contributed by atoms with E-state index >= 15 is 8.78 Å². The number of rotatable bonds is 11. The van der Waals surface area contributed by atoms with Crippen molar-refractivity contribution in [3.05, 3.63) is 84.7 Å². The van der Waals surface area contributed by atoms with E-state index in [9.17, 15) is 31.5 Å². The minimum Gasteiger partial charge on any atom is -0.406 e. The molecule has 2 heterocycles. The van der Waals surface area contributed by atoms with Gasteiger partial charge in [-0.2, -0.15) is 13.9 Å². The molecule has 49 heavy (non-hydrogen) atoms. The predicted molar refractivity (Wildman–Crippen MR) is 169 cm³/mol. The Kier molecular flexibility index (Phi) is 9.25. The lowest BCUT2D eigenvalue weighted by Crippen LogP contribution is -2.32. The summed E-state index contributed by atoms with van der Waals surface area (Å²) in [6, 6.07) is 17.0. The van der Waals surface area contributed by atoms with Crippen molar-refractivity contribution in [2.75, 3.05) is 12.9 Å². The molecule has 2 aromatic heterocycles. The molecular formula is C33H30F5N5O5S.